The van der Waals surface area contributed by atoms with E-state index < -0.39 is 0 Å². The molecule has 0 saturated carbocycles. The van der Waals surface area contributed by atoms with Gasteiger partial charge in [-0.15, -0.1) is 0 Å². The van der Waals surface area contributed by atoms with Gasteiger partial charge in [0.2, 0.25) is 0 Å². The maximum absolute atomic E-state index is 13.9. The number of fused-ring (bicyclic) bond motifs is 1. The Morgan fingerprint density at radius 3 is 2.89 bits per heavy atom. The van der Waals surface area contributed by atoms with Crippen molar-refractivity contribution >= 4 is 22.9 Å². The molecule has 2 aliphatic rings. The zero-order valence-corrected chi connectivity index (χ0v) is 11.6. The number of piperazine rings is 1. The third-order valence-electron chi connectivity index (χ3n) is 4.17. The van der Waals surface area contributed by atoms with Crippen molar-refractivity contribution in [3.63, 3.8) is 0 Å². The van der Waals surface area contributed by atoms with Crippen LogP contribution >= 0.6 is 12.2 Å². The average Bonchev–Trinajstić information content (AvgIpc) is 2.85. The first kappa shape index (κ1) is 12.8. The molecule has 1 unspecified atom stereocenters. The van der Waals surface area contributed by atoms with E-state index in [0.717, 1.165) is 25.3 Å². The summed E-state index contributed by atoms with van der Waals surface area (Å²) in [6, 6.07) is 5.79. The van der Waals surface area contributed by atoms with E-state index >= 15 is 0 Å². The summed E-state index contributed by atoms with van der Waals surface area (Å²) < 4.78 is 13.9. The summed E-state index contributed by atoms with van der Waals surface area (Å²) in [7, 11) is 0. The van der Waals surface area contributed by atoms with Gasteiger partial charge in [0.15, 0.2) is 0 Å². The molecule has 1 aromatic rings. The zero-order valence-electron chi connectivity index (χ0n) is 10.8. The van der Waals surface area contributed by atoms with Crippen molar-refractivity contribution in [1.29, 1.82) is 0 Å². The third-order valence-corrected chi connectivity index (χ3v) is 4.39. The fourth-order valence-corrected chi connectivity index (χ4v) is 3.29. The number of nitrogens with two attached hydrogens (primary N) is 1. The van der Waals surface area contributed by atoms with Crippen LogP contribution in [0.4, 0.5) is 10.1 Å². The van der Waals surface area contributed by atoms with Crippen LogP contribution in [-0.4, -0.2) is 42.1 Å². The molecule has 2 saturated heterocycles. The molecule has 0 spiro atoms. The maximum Gasteiger partial charge on any atom is 0.135 e. The van der Waals surface area contributed by atoms with Crippen LogP contribution in [0.2, 0.25) is 0 Å². The van der Waals surface area contributed by atoms with Gasteiger partial charge in [-0.05, 0) is 37.6 Å². The molecular weight excluding hydrogens is 261 g/mol. The molecule has 0 amide bonds. The van der Waals surface area contributed by atoms with Crippen LogP contribution in [0.3, 0.4) is 0 Å². The Morgan fingerprint density at radius 1 is 1.32 bits per heavy atom. The van der Waals surface area contributed by atoms with Gasteiger partial charge in [-0.3, -0.25) is 4.90 Å². The topological polar surface area (TPSA) is 32.5 Å². The molecule has 19 heavy (non-hydrogen) atoms. The van der Waals surface area contributed by atoms with E-state index in [1.165, 1.54) is 19.4 Å². The van der Waals surface area contributed by atoms with Gasteiger partial charge in [-0.1, -0.05) is 12.2 Å². The highest BCUT2D eigenvalue weighted by atomic mass is 32.1. The van der Waals surface area contributed by atoms with E-state index in [4.69, 9.17) is 18.0 Å². The second kappa shape index (κ2) is 5.06. The highest BCUT2D eigenvalue weighted by molar-refractivity contribution is 7.80. The van der Waals surface area contributed by atoms with E-state index in [9.17, 15) is 4.39 Å². The summed E-state index contributed by atoms with van der Waals surface area (Å²) in [4.78, 5) is 4.92. The van der Waals surface area contributed by atoms with Crippen LogP contribution in [0.1, 0.15) is 18.4 Å². The number of thiocarbonyl (C=S) groups is 1. The van der Waals surface area contributed by atoms with Crippen molar-refractivity contribution in [2.75, 3.05) is 31.1 Å². The van der Waals surface area contributed by atoms with E-state index in [-0.39, 0.29) is 10.8 Å². The largest absolute Gasteiger partial charge is 0.389 e. The predicted octanol–water partition coefficient (Wildman–Crippen LogP) is 1.74. The van der Waals surface area contributed by atoms with E-state index in [2.05, 4.69) is 9.80 Å². The molecule has 1 aromatic carbocycles. The van der Waals surface area contributed by atoms with Gasteiger partial charge in [0.1, 0.15) is 10.8 Å². The minimum Gasteiger partial charge on any atom is -0.389 e. The van der Waals surface area contributed by atoms with Crippen molar-refractivity contribution < 1.29 is 4.39 Å². The molecule has 2 heterocycles. The van der Waals surface area contributed by atoms with Crippen LogP contribution < -0.4 is 10.6 Å². The van der Waals surface area contributed by atoms with Gasteiger partial charge in [0, 0.05) is 36.9 Å². The number of hydrogen-bond acceptors (Lipinski definition) is 3. The molecule has 0 bridgehead atoms. The molecular formula is C14H18FN3S. The number of anilines is 1. The van der Waals surface area contributed by atoms with Crippen LogP contribution in [0, 0.1) is 5.82 Å². The normalized spacial score (nSPS) is 23.4. The lowest BCUT2D eigenvalue weighted by atomic mass is 10.1. The molecule has 3 rings (SSSR count). The van der Waals surface area contributed by atoms with Crippen molar-refractivity contribution in [1.82, 2.24) is 4.90 Å². The standard InChI is InChI=1S/C14H18FN3S/c15-13-8-10(3-4-12(13)14(16)19)18-7-6-17-5-1-2-11(17)9-18/h3-4,8,11H,1-2,5-7,9H2,(H2,16,19). The Hall–Kier alpha value is -1.20. The molecule has 1 atom stereocenters. The molecule has 2 aliphatic heterocycles. The minimum absolute atomic E-state index is 0.115. The Bertz CT molecular complexity index is 505. The van der Waals surface area contributed by atoms with Crippen LogP contribution in [0.25, 0.3) is 0 Å². The number of benzene rings is 1. The summed E-state index contributed by atoms with van der Waals surface area (Å²) in [5.41, 5.74) is 6.75. The van der Waals surface area contributed by atoms with E-state index in [1.54, 1.807) is 12.1 Å². The van der Waals surface area contributed by atoms with Crippen molar-refractivity contribution in [2.24, 2.45) is 5.73 Å². The van der Waals surface area contributed by atoms with Crippen LogP contribution in [0.15, 0.2) is 18.2 Å². The van der Waals surface area contributed by atoms with E-state index in [0.29, 0.717) is 11.6 Å². The molecule has 102 valence electrons. The second-order valence-electron chi connectivity index (χ2n) is 5.31. The first-order valence-corrected chi connectivity index (χ1v) is 7.14. The summed E-state index contributed by atoms with van der Waals surface area (Å²) in [5, 5.41) is 0. The molecule has 2 N–H and O–H groups in total. The highest BCUT2D eigenvalue weighted by Gasteiger charge is 2.30. The first-order chi connectivity index (χ1) is 9.15. The molecule has 5 heteroatoms. The minimum atomic E-state index is -0.321. The smallest absolute Gasteiger partial charge is 0.135 e. The fraction of sp³-hybridized carbons (Fsp3) is 0.500. The van der Waals surface area contributed by atoms with Crippen LogP contribution in [-0.2, 0) is 0 Å². The molecule has 0 radical (unpaired) electrons. The summed E-state index contributed by atoms with van der Waals surface area (Å²) in [5.74, 6) is -0.321. The number of rotatable bonds is 2. The third kappa shape index (κ3) is 2.44. The lowest BCUT2D eigenvalue weighted by Gasteiger charge is -2.38. The van der Waals surface area contributed by atoms with Gasteiger partial charge in [0.05, 0.1) is 0 Å². The Morgan fingerprint density at radius 2 is 2.16 bits per heavy atom. The second-order valence-corrected chi connectivity index (χ2v) is 5.75. The van der Waals surface area contributed by atoms with Crippen molar-refractivity contribution in [3.05, 3.63) is 29.6 Å². The number of hydrogen-bond donors (Lipinski definition) is 1. The summed E-state index contributed by atoms with van der Waals surface area (Å²) >= 11 is 4.83. The number of nitrogens with zero attached hydrogens (tertiary/aromatic N) is 2. The average molecular weight is 279 g/mol. The lowest BCUT2D eigenvalue weighted by molar-refractivity contribution is 0.231. The highest BCUT2D eigenvalue weighted by Crippen LogP contribution is 2.26. The quantitative estimate of drug-likeness (QED) is 0.836. The predicted molar refractivity (Wildman–Crippen MR) is 79.1 cm³/mol. The van der Waals surface area contributed by atoms with Crippen LogP contribution in [0.5, 0.6) is 0 Å². The van der Waals surface area contributed by atoms with Gasteiger partial charge in [0.25, 0.3) is 0 Å². The SMILES string of the molecule is NC(=S)c1ccc(N2CCN3CCCC3C2)cc1F. The van der Waals surface area contributed by atoms with Gasteiger partial charge in [-0.25, -0.2) is 4.39 Å². The molecule has 2 fully saturated rings. The monoisotopic (exact) mass is 279 g/mol. The van der Waals surface area contributed by atoms with Gasteiger partial charge < -0.3 is 10.6 Å². The first-order valence-electron chi connectivity index (χ1n) is 6.73. The van der Waals surface area contributed by atoms with Crippen molar-refractivity contribution in [2.45, 2.75) is 18.9 Å². The summed E-state index contributed by atoms with van der Waals surface area (Å²) in [6.07, 6.45) is 2.54. The van der Waals surface area contributed by atoms with E-state index in [1.807, 2.05) is 6.07 Å². The Balaban J connectivity index is 1.79. The molecule has 0 aromatic heterocycles. The lowest BCUT2D eigenvalue weighted by Crippen LogP contribution is -2.50. The Labute approximate surface area is 118 Å². The fourth-order valence-electron chi connectivity index (χ4n) is 3.13. The zero-order chi connectivity index (χ0) is 13.4. The number of halogens is 1. The Kier molecular flexibility index (Phi) is 3.41. The van der Waals surface area contributed by atoms with Gasteiger partial charge in [-0.2, -0.15) is 0 Å². The molecule has 0 aliphatic carbocycles. The summed E-state index contributed by atoms with van der Waals surface area (Å²) in [6.45, 7) is 4.24. The van der Waals surface area contributed by atoms with Gasteiger partial charge >= 0.3 is 0 Å². The maximum atomic E-state index is 13.9. The molecule has 3 nitrogen and oxygen atoms in total. The van der Waals surface area contributed by atoms with Crippen molar-refractivity contribution in [3.8, 4) is 0 Å².